The number of esters is 1. The highest BCUT2D eigenvalue weighted by Crippen LogP contribution is 2.51. The number of benzene rings is 2. The Morgan fingerprint density at radius 3 is 2.45 bits per heavy atom. The fourth-order valence-corrected chi connectivity index (χ4v) is 5.28. The number of hydrogen-bond donors (Lipinski definition) is 0. The van der Waals surface area contributed by atoms with Gasteiger partial charge in [-0.05, 0) is 36.6 Å². The minimum atomic E-state index is -0.413. The van der Waals surface area contributed by atoms with E-state index in [9.17, 15) is 9.59 Å². The van der Waals surface area contributed by atoms with Crippen molar-refractivity contribution >= 4 is 46.8 Å². The van der Waals surface area contributed by atoms with E-state index in [-0.39, 0.29) is 17.2 Å². The number of ether oxygens (including phenoxy) is 1. The summed E-state index contributed by atoms with van der Waals surface area (Å²) in [5.74, 6) is -0.621. The summed E-state index contributed by atoms with van der Waals surface area (Å²) in [5.41, 5.74) is 2.21. The fraction of sp³-hybridized carbons (Fsp3) is 0.273. The van der Waals surface area contributed by atoms with Crippen molar-refractivity contribution in [3.63, 3.8) is 0 Å². The first-order valence-electron chi connectivity index (χ1n) is 9.31. The largest absolute Gasteiger partial charge is 0.465 e. The Kier molecular flexibility index (Phi) is 5.91. The number of carbonyl (C=O) groups excluding carboxylic acids is 2. The summed E-state index contributed by atoms with van der Waals surface area (Å²) in [6, 6.07) is 14.9. The zero-order valence-electron chi connectivity index (χ0n) is 15.7. The Labute approximate surface area is 183 Å². The van der Waals surface area contributed by atoms with Crippen LogP contribution in [0.2, 0.25) is 10.0 Å². The van der Waals surface area contributed by atoms with Crippen LogP contribution in [0.1, 0.15) is 40.4 Å². The molecule has 1 unspecified atom stereocenters. The highest BCUT2D eigenvalue weighted by molar-refractivity contribution is 8.04. The second-order valence-corrected chi connectivity index (χ2v) is 9.08. The van der Waals surface area contributed by atoms with Crippen LogP contribution in [-0.2, 0) is 9.53 Å². The topological polar surface area (TPSA) is 46.6 Å². The molecular formula is C22H19Cl2NO3S. The van der Waals surface area contributed by atoms with Gasteiger partial charge in [0.15, 0.2) is 0 Å². The average Bonchev–Trinajstić information content (AvgIpc) is 3.46. The average molecular weight is 448 g/mol. The van der Waals surface area contributed by atoms with Gasteiger partial charge in [0.1, 0.15) is 4.91 Å². The van der Waals surface area contributed by atoms with E-state index in [1.165, 1.54) is 18.9 Å². The lowest BCUT2D eigenvalue weighted by Crippen LogP contribution is -2.33. The zero-order valence-corrected chi connectivity index (χ0v) is 18.1. The van der Waals surface area contributed by atoms with E-state index >= 15 is 0 Å². The Bertz CT molecular complexity index is 989. The van der Waals surface area contributed by atoms with Crippen molar-refractivity contribution in [2.75, 3.05) is 7.11 Å². The first kappa shape index (κ1) is 20.3. The molecule has 29 heavy (non-hydrogen) atoms. The minimum absolute atomic E-state index is 0.0510. The summed E-state index contributed by atoms with van der Waals surface area (Å²) in [4.78, 5) is 28.2. The molecule has 2 aliphatic rings. The van der Waals surface area contributed by atoms with Crippen LogP contribution in [0.3, 0.4) is 0 Å². The lowest BCUT2D eigenvalue weighted by Gasteiger charge is -2.25. The molecule has 0 radical (unpaired) electrons. The van der Waals surface area contributed by atoms with Crippen molar-refractivity contribution in [3.8, 4) is 0 Å². The summed E-state index contributed by atoms with van der Waals surface area (Å²) < 4.78 is 5.02. The van der Waals surface area contributed by atoms with E-state index in [4.69, 9.17) is 27.9 Å². The van der Waals surface area contributed by atoms with Gasteiger partial charge in [0, 0.05) is 28.4 Å². The number of nitrogens with zero attached hydrogens (tertiary/aromatic N) is 1. The molecule has 2 aromatic rings. The molecule has 0 bridgehead atoms. The monoisotopic (exact) mass is 447 g/mol. The number of halogens is 2. The summed E-state index contributed by atoms with van der Waals surface area (Å²) >= 11 is 13.8. The van der Waals surface area contributed by atoms with Crippen molar-refractivity contribution < 1.29 is 14.3 Å². The predicted octanol–water partition coefficient (Wildman–Crippen LogP) is 5.86. The smallest absolute Gasteiger partial charge is 0.346 e. The number of amides is 1. The third-order valence-corrected chi connectivity index (χ3v) is 6.94. The fourth-order valence-electron chi connectivity index (χ4n) is 3.47. The van der Waals surface area contributed by atoms with Gasteiger partial charge in [-0.15, -0.1) is 11.8 Å². The van der Waals surface area contributed by atoms with E-state index in [2.05, 4.69) is 0 Å². The number of thioether (sulfide) groups is 1. The second-order valence-electron chi connectivity index (χ2n) is 7.02. The molecule has 4 nitrogen and oxygen atoms in total. The minimum Gasteiger partial charge on any atom is -0.465 e. The molecule has 1 aliphatic heterocycles. The van der Waals surface area contributed by atoms with Gasteiger partial charge in [0.2, 0.25) is 0 Å². The normalized spacial score (nSPS) is 18.7. The third-order valence-electron chi connectivity index (χ3n) is 5.03. The molecule has 150 valence electrons. The van der Waals surface area contributed by atoms with Gasteiger partial charge >= 0.3 is 5.97 Å². The maximum Gasteiger partial charge on any atom is 0.346 e. The summed E-state index contributed by atoms with van der Waals surface area (Å²) in [5, 5.41) is 0.827. The van der Waals surface area contributed by atoms with Crippen LogP contribution in [-0.4, -0.2) is 29.9 Å². The van der Waals surface area contributed by atoms with Crippen LogP contribution in [0.25, 0.3) is 0 Å². The van der Waals surface area contributed by atoms with E-state index in [0.717, 1.165) is 18.4 Å². The van der Waals surface area contributed by atoms with Crippen molar-refractivity contribution in [3.05, 3.63) is 80.3 Å². The van der Waals surface area contributed by atoms with Crippen LogP contribution in [0.5, 0.6) is 0 Å². The molecule has 1 atom stereocenters. The van der Waals surface area contributed by atoms with Crippen molar-refractivity contribution in [2.45, 2.75) is 30.6 Å². The Balaban J connectivity index is 1.72. The maximum atomic E-state index is 13.4. The number of rotatable bonds is 5. The van der Waals surface area contributed by atoms with Gasteiger partial charge in [-0.3, -0.25) is 4.79 Å². The van der Waals surface area contributed by atoms with Gasteiger partial charge in [0.25, 0.3) is 5.91 Å². The van der Waals surface area contributed by atoms with Gasteiger partial charge in [-0.2, -0.15) is 0 Å². The SMILES string of the molecule is COC(=O)C1=C(N(C(=O)c2ccc(Cl)cc2Cl)C2CC2)CC(c2ccccc2)S1. The van der Waals surface area contributed by atoms with Crippen LogP contribution in [0, 0.1) is 0 Å². The van der Waals surface area contributed by atoms with Crippen LogP contribution >= 0.6 is 35.0 Å². The summed E-state index contributed by atoms with van der Waals surface area (Å²) in [6.07, 6.45) is 2.37. The number of methoxy groups -OCH3 is 1. The molecule has 0 N–H and O–H groups in total. The van der Waals surface area contributed by atoms with E-state index in [0.29, 0.717) is 32.6 Å². The number of hydrogen-bond acceptors (Lipinski definition) is 4. The standard InChI is InChI=1S/C22H19Cl2NO3S/c1-28-22(27)20-18(12-19(29-20)13-5-3-2-4-6-13)25(15-8-9-15)21(26)16-10-7-14(23)11-17(16)24/h2-7,10-11,15,19H,8-9,12H2,1H3. The number of allylic oxidation sites excluding steroid dienone is 1. The molecule has 1 fully saturated rings. The summed E-state index contributed by atoms with van der Waals surface area (Å²) in [7, 11) is 1.36. The first-order valence-corrected chi connectivity index (χ1v) is 10.9. The maximum absolute atomic E-state index is 13.4. The van der Waals surface area contributed by atoms with Crippen LogP contribution in [0.15, 0.2) is 59.1 Å². The van der Waals surface area contributed by atoms with Gasteiger partial charge in [0.05, 0.1) is 17.7 Å². The highest BCUT2D eigenvalue weighted by atomic mass is 35.5. The molecule has 0 aromatic heterocycles. The molecular weight excluding hydrogens is 429 g/mol. The van der Waals surface area contributed by atoms with Gasteiger partial charge < -0.3 is 9.64 Å². The molecule has 1 saturated carbocycles. The Morgan fingerprint density at radius 2 is 1.83 bits per heavy atom. The van der Waals surface area contributed by atoms with E-state index < -0.39 is 5.97 Å². The molecule has 0 spiro atoms. The van der Waals surface area contributed by atoms with Crippen LogP contribution < -0.4 is 0 Å². The molecule has 1 heterocycles. The van der Waals surface area contributed by atoms with Crippen molar-refractivity contribution in [2.24, 2.45) is 0 Å². The Morgan fingerprint density at radius 1 is 1.10 bits per heavy atom. The number of carbonyl (C=O) groups is 2. The van der Waals surface area contributed by atoms with Crippen molar-refractivity contribution in [1.29, 1.82) is 0 Å². The summed E-state index contributed by atoms with van der Waals surface area (Å²) in [6.45, 7) is 0. The molecule has 0 saturated heterocycles. The predicted molar refractivity (Wildman–Crippen MR) is 116 cm³/mol. The molecule has 1 amide bonds. The highest BCUT2D eigenvalue weighted by Gasteiger charge is 2.42. The second kappa shape index (κ2) is 8.42. The molecule has 7 heteroatoms. The molecule has 4 rings (SSSR count). The lowest BCUT2D eigenvalue weighted by molar-refractivity contribution is -0.135. The van der Waals surface area contributed by atoms with Gasteiger partial charge in [-0.25, -0.2) is 4.79 Å². The molecule has 2 aromatic carbocycles. The quantitative estimate of drug-likeness (QED) is 0.538. The first-order chi connectivity index (χ1) is 14.0. The Hall–Kier alpha value is -1.95. The van der Waals surface area contributed by atoms with Crippen LogP contribution in [0.4, 0.5) is 0 Å². The third kappa shape index (κ3) is 4.18. The lowest BCUT2D eigenvalue weighted by atomic mass is 10.1. The van der Waals surface area contributed by atoms with E-state index in [1.807, 2.05) is 30.3 Å². The van der Waals surface area contributed by atoms with Gasteiger partial charge in [-0.1, -0.05) is 53.5 Å². The molecule has 1 aliphatic carbocycles. The van der Waals surface area contributed by atoms with Crippen molar-refractivity contribution in [1.82, 2.24) is 4.90 Å². The van der Waals surface area contributed by atoms with E-state index in [1.54, 1.807) is 23.1 Å². The zero-order chi connectivity index (χ0) is 20.5.